The summed E-state index contributed by atoms with van der Waals surface area (Å²) in [6.07, 6.45) is 4.07. The average Bonchev–Trinajstić information content (AvgIpc) is 3.80. The van der Waals surface area contributed by atoms with Gasteiger partial charge in [0.05, 0.1) is 27.7 Å². The van der Waals surface area contributed by atoms with E-state index in [1.807, 2.05) is 36.4 Å². The highest BCUT2D eigenvalue weighted by Gasteiger charge is 2.37. The molecule has 1 N–H and O–H groups in total. The molecule has 3 aromatic carbocycles. The number of nitrogens with zero attached hydrogens (tertiary/aromatic N) is 4. The second-order valence-corrected chi connectivity index (χ2v) is 10.5. The number of allylic oxidation sites excluding steroid dienone is 2. The summed E-state index contributed by atoms with van der Waals surface area (Å²) in [5.41, 5.74) is 9.26. The molecular formula is C34H24BN5O3. The molecule has 0 amide bonds. The van der Waals surface area contributed by atoms with Crippen molar-refractivity contribution in [3.05, 3.63) is 170 Å². The number of non-ortho nitro benzene ring substituents is 1. The highest BCUT2D eigenvalue weighted by molar-refractivity contribution is 6.50. The zero-order valence-corrected chi connectivity index (χ0v) is 23.1. The third-order valence-corrected chi connectivity index (χ3v) is 8.14. The van der Waals surface area contributed by atoms with E-state index in [0.717, 1.165) is 61.5 Å². The first-order valence-electron chi connectivity index (χ1n) is 14.0. The Morgan fingerprint density at radius 2 is 1.37 bits per heavy atom. The number of rotatable bonds is 6. The van der Waals surface area contributed by atoms with Gasteiger partial charge in [0.2, 0.25) is 0 Å². The lowest BCUT2D eigenvalue weighted by Gasteiger charge is -2.28. The van der Waals surface area contributed by atoms with E-state index in [2.05, 4.69) is 74.9 Å². The standard InChI is InChI=1S/C34H24BN5O3/c1-43-35-38-28-18-19-29(38)33(23-10-6-3-7-11-23)30-20-21-31(39(30)35)34(36-24-12-14-25(15-13-24)40(41)42)27-17-16-26(37-27)32(28)22-8-4-2-5-9-22/h2-21,36H,1H3. The van der Waals surface area contributed by atoms with Gasteiger partial charge in [0.25, 0.3) is 5.69 Å². The first kappa shape index (κ1) is 25.1. The highest BCUT2D eigenvalue weighted by Crippen LogP contribution is 2.34. The van der Waals surface area contributed by atoms with Crippen molar-refractivity contribution in [2.24, 2.45) is 4.99 Å². The second-order valence-electron chi connectivity index (χ2n) is 10.5. The number of nitro groups is 1. The van der Waals surface area contributed by atoms with Crippen LogP contribution in [0.15, 0.2) is 132 Å². The van der Waals surface area contributed by atoms with Crippen molar-refractivity contribution in [2.45, 2.75) is 0 Å². The summed E-state index contributed by atoms with van der Waals surface area (Å²) in [6.45, 7) is 0. The van der Waals surface area contributed by atoms with Gasteiger partial charge in [-0.15, -0.1) is 0 Å². The lowest BCUT2D eigenvalue weighted by Crippen LogP contribution is -2.52. The monoisotopic (exact) mass is 561 g/mol. The van der Waals surface area contributed by atoms with Crippen LogP contribution >= 0.6 is 0 Å². The maximum Gasteiger partial charge on any atom is 0.557 e. The minimum Gasteiger partial charge on any atom is -0.400 e. The Balaban J connectivity index is 1.48. The van der Waals surface area contributed by atoms with E-state index in [1.54, 1.807) is 19.2 Å². The number of hydrogen-bond donors (Lipinski definition) is 1. The normalized spacial score (nSPS) is 14.7. The van der Waals surface area contributed by atoms with Gasteiger partial charge in [0, 0.05) is 52.5 Å². The van der Waals surface area contributed by atoms with Gasteiger partial charge in [-0.2, -0.15) is 0 Å². The molecule has 8 nitrogen and oxygen atoms in total. The molecule has 206 valence electrons. The van der Waals surface area contributed by atoms with Crippen molar-refractivity contribution in [1.29, 1.82) is 0 Å². The predicted molar refractivity (Wildman–Crippen MR) is 169 cm³/mol. The molecule has 0 spiro atoms. The van der Waals surface area contributed by atoms with Crippen LogP contribution in [0.3, 0.4) is 0 Å². The maximum absolute atomic E-state index is 11.3. The third kappa shape index (κ3) is 3.86. The molecule has 0 atom stereocenters. The van der Waals surface area contributed by atoms with Crippen LogP contribution in [0.4, 0.5) is 11.4 Å². The van der Waals surface area contributed by atoms with E-state index >= 15 is 0 Å². The molecule has 0 saturated heterocycles. The lowest BCUT2D eigenvalue weighted by molar-refractivity contribution is -0.384. The topological polar surface area (TPSA) is 86.6 Å². The molecule has 43 heavy (non-hydrogen) atoms. The molecule has 0 radical (unpaired) electrons. The van der Waals surface area contributed by atoms with Gasteiger partial charge >= 0.3 is 7.19 Å². The van der Waals surface area contributed by atoms with Gasteiger partial charge in [-0.05, 0) is 59.7 Å². The Kier molecular flexibility index (Phi) is 5.67. The summed E-state index contributed by atoms with van der Waals surface area (Å²) in [4.78, 5) is 16.1. The van der Waals surface area contributed by atoms with E-state index in [9.17, 15) is 10.1 Å². The quantitative estimate of drug-likeness (QED) is 0.184. The van der Waals surface area contributed by atoms with Gasteiger partial charge in [0.1, 0.15) is 0 Å². The summed E-state index contributed by atoms with van der Waals surface area (Å²) in [7, 11) is 1.24. The minimum atomic E-state index is -0.487. The van der Waals surface area contributed by atoms with Gasteiger partial charge in [-0.3, -0.25) is 10.1 Å². The molecule has 2 aromatic heterocycles. The molecule has 5 heterocycles. The average molecular weight is 561 g/mol. The first-order valence-corrected chi connectivity index (χ1v) is 14.0. The summed E-state index contributed by atoms with van der Waals surface area (Å²) in [6, 6.07) is 35.7. The lowest BCUT2D eigenvalue weighted by atomic mass is 9.89. The molecule has 5 aromatic rings. The number of hydrogen-bond acceptors (Lipinski definition) is 5. The number of anilines is 1. The number of aromatic nitrogens is 2. The molecule has 0 unspecified atom stereocenters. The molecule has 0 saturated carbocycles. The number of aliphatic imine (C=N–C) groups is 1. The van der Waals surface area contributed by atoms with Crippen LogP contribution in [0.25, 0.3) is 16.8 Å². The molecule has 0 aliphatic carbocycles. The third-order valence-electron chi connectivity index (χ3n) is 8.14. The van der Waals surface area contributed by atoms with Crippen LogP contribution in [0.1, 0.15) is 22.5 Å². The molecule has 8 rings (SSSR count). The van der Waals surface area contributed by atoms with Gasteiger partial charge < -0.3 is 18.9 Å². The van der Waals surface area contributed by atoms with Crippen molar-refractivity contribution >= 4 is 41.1 Å². The molecule has 3 aliphatic rings. The SMILES string of the molecule is COB1n2c3ccc2C(c2ccccc2)=c2ccc(n21)=C(c1ccccc1)C1=NC(=C3Nc2ccc([N+](=O)[O-])cc2)C=C1. The van der Waals surface area contributed by atoms with Crippen LogP contribution in [0.5, 0.6) is 0 Å². The molecule has 3 aliphatic heterocycles. The summed E-state index contributed by atoms with van der Waals surface area (Å²) in [5.74, 6) is 0. The Morgan fingerprint density at radius 3 is 2.02 bits per heavy atom. The summed E-state index contributed by atoms with van der Waals surface area (Å²) in [5, 5.41) is 16.9. The minimum absolute atomic E-state index is 0.0339. The van der Waals surface area contributed by atoms with Crippen LogP contribution in [-0.2, 0) is 4.65 Å². The van der Waals surface area contributed by atoms with Crippen molar-refractivity contribution in [2.75, 3.05) is 12.4 Å². The number of benzene rings is 3. The Morgan fingerprint density at radius 1 is 0.744 bits per heavy atom. The van der Waals surface area contributed by atoms with E-state index < -0.39 is 12.1 Å². The van der Waals surface area contributed by atoms with E-state index in [0.29, 0.717) is 5.69 Å². The summed E-state index contributed by atoms with van der Waals surface area (Å²) < 4.78 is 10.8. The van der Waals surface area contributed by atoms with Crippen LogP contribution in [0, 0.1) is 10.1 Å². The zero-order valence-electron chi connectivity index (χ0n) is 23.1. The fraction of sp³-hybridized carbons (Fsp3) is 0.0294. The van der Waals surface area contributed by atoms with Crippen LogP contribution < -0.4 is 16.0 Å². The fourth-order valence-electron chi connectivity index (χ4n) is 6.29. The second kappa shape index (κ2) is 9.72. The van der Waals surface area contributed by atoms with Gasteiger partial charge in [0.15, 0.2) is 0 Å². The molecular weight excluding hydrogens is 537 g/mol. The van der Waals surface area contributed by atoms with Crippen molar-refractivity contribution in [3.8, 4) is 0 Å². The smallest absolute Gasteiger partial charge is 0.400 e. The van der Waals surface area contributed by atoms with Crippen molar-refractivity contribution in [3.63, 3.8) is 0 Å². The number of nitro benzene ring substituents is 1. The van der Waals surface area contributed by atoms with Gasteiger partial charge in [-0.25, -0.2) is 4.99 Å². The maximum atomic E-state index is 11.3. The largest absolute Gasteiger partial charge is 0.557 e. The number of fused-ring (bicyclic) bond motifs is 1. The Labute approximate surface area is 247 Å². The van der Waals surface area contributed by atoms with Crippen LogP contribution in [-0.4, -0.2) is 33.9 Å². The van der Waals surface area contributed by atoms with E-state index in [4.69, 9.17) is 9.65 Å². The predicted octanol–water partition coefficient (Wildman–Crippen LogP) is 4.79. The number of nitrogens with one attached hydrogen (secondary N) is 1. The molecule has 4 bridgehead atoms. The van der Waals surface area contributed by atoms with Crippen molar-refractivity contribution < 1.29 is 9.58 Å². The highest BCUT2D eigenvalue weighted by atomic mass is 16.6. The fourth-order valence-corrected chi connectivity index (χ4v) is 6.29. The van der Waals surface area contributed by atoms with Gasteiger partial charge in [-0.1, -0.05) is 60.7 Å². The van der Waals surface area contributed by atoms with Crippen molar-refractivity contribution in [1.82, 2.24) is 8.96 Å². The van der Waals surface area contributed by atoms with E-state index in [-0.39, 0.29) is 5.69 Å². The zero-order chi connectivity index (χ0) is 29.1. The van der Waals surface area contributed by atoms with E-state index in [1.165, 1.54) is 12.1 Å². The molecule has 9 heteroatoms. The Hall–Kier alpha value is -5.67. The van der Waals surface area contributed by atoms with Crippen LogP contribution in [0.2, 0.25) is 0 Å². The Bertz CT molecular complexity index is 2160. The summed E-state index contributed by atoms with van der Waals surface area (Å²) >= 11 is 0. The molecule has 0 fully saturated rings. The first-order chi connectivity index (χ1) is 21.1.